The van der Waals surface area contributed by atoms with Crippen molar-refractivity contribution in [3.63, 3.8) is 0 Å². The van der Waals surface area contributed by atoms with Crippen LogP contribution in [0.15, 0.2) is 18.5 Å². The molecule has 0 radical (unpaired) electrons. The molecule has 1 aromatic heterocycles. The predicted octanol–water partition coefficient (Wildman–Crippen LogP) is 1.15. The third-order valence-corrected chi connectivity index (χ3v) is 1.98. The topological polar surface area (TPSA) is 60.2 Å². The van der Waals surface area contributed by atoms with E-state index < -0.39 is 0 Å². The molecule has 5 heteroatoms. The molecular weight excluding hydrogens is 197 g/mol. The first-order valence-electron chi connectivity index (χ1n) is 4.82. The smallest absolute Gasteiger partial charge is 0.146 e. The van der Waals surface area contributed by atoms with Gasteiger partial charge < -0.3 is 4.74 Å². The Morgan fingerprint density at radius 1 is 1.60 bits per heavy atom. The van der Waals surface area contributed by atoms with Gasteiger partial charge in [0.1, 0.15) is 5.82 Å². The van der Waals surface area contributed by atoms with Crippen molar-refractivity contribution in [2.45, 2.75) is 26.0 Å². The maximum atomic E-state index is 13.3. The lowest BCUT2D eigenvalue weighted by Gasteiger charge is -2.18. The largest absolute Gasteiger partial charge is 0.377 e. The Morgan fingerprint density at radius 3 is 2.87 bits per heavy atom. The van der Waals surface area contributed by atoms with Crippen LogP contribution in [0.25, 0.3) is 0 Å². The molecule has 0 spiro atoms. The molecule has 0 saturated carbocycles. The molecule has 0 aromatic carbocycles. The van der Waals surface area contributed by atoms with Crippen molar-refractivity contribution in [2.75, 3.05) is 6.61 Å². The molecule has 3 N–H and O–H groups in total. The minimum Gasteiger partial charge on any atom is -0.377 e. The number of pyridine rings is 1. The molecule has 1 heterocycles. The Labute approximate surface area is 88.6 Å². The molecule has 1 rings (SSSR count). The van der Waals surface area contributed by atoms with Crippen LogP contribution in [0.1, 0.15) is 25.5 Å². The van der Waals surface area contributed by atoms with Gasteiger partial charge in [-0.05, 0) is 19.9 Å². The van der Waals surface area contributed by atoms with E-state index >= 15 is 0 Å². The molecule has 1 aromatic rings. The van der Waals surface area contributed by atoms with Crippen molar-refractivity contribution in [2.24, 2.45) is 5.84 Å². The first-order chi connectivity index (χ1) is 7.15. The number of hydrogen-bond acceptors (Lipinski definition) is 4. The summed E-state index contributed by atoms with van der Waals surface area (Å²) in [4.78, 5) is 3.67. The van der Waals surface area contributed by atoms with Crippen LogP contribution in [0.5, 0.6) is 0 Å². The van der Waals surface area contributed by atoms with Crippen LogP contribution in [0, 0.1) is 5.82 Å². The quantitative estimate of drug-likeness (QED) is 0.569. The summed E-state index contributed by atoms with van der Waals surface area (Å²) in [7, 11) is 0. The molecule has 1 unspecified atom stereocenters. The van der Waals surface area contributed by atoms with Gasteiger partial charge in [-0.15, -0.1) is 0 Å². The fraction of sp³-hybridized carbons (Fsp3) is 0.500. The van der Waals surface area contributed by atoms with E-state index in [1.807, 2.05) is 13.8 Å². The summed E-state index contributed by atoms with van der Waals surface area (Å²) >= 11 is 0. The number of hydrogen-bond donors (Lipinski definition) is 2. The van der Waals surface area contributed by atoms with Crippen LogP contribution in [0.3, 0.4) is 0 Å². The van der Waals surface area contributed by atoms with Gasteiger partial charge in [0.15, 0.2) is 0 Å². The highest BCUT2D eigenvalue weighted by Crippen LogP contribution is 2.15. The van der Waals surface area contributed by atoms with Crippen molar-refractivity contribution in [1.29, 1.82) is 0 Å². The van der Waals surface area contributed by atoms with Crippen molar-refractivity contribution in [3.8, 4) is 0 Å². The summed E-state index contributed by atoms with van der Waals surface area (Å²) in [5.41, 5.74) is 2.99. The predicted molar refractivity (Wildman–Crippen MR) is 55.3 cm³/mol. The Morgan fingerprint density at radius 2 is 2.33 bits per heavy atom. The van der Waals surface area contributed by atoms with E-state index in [4.69, 9.17) is 10.6 Å². The highest BCUT2D eigenvalue weighted by Gasteiger charge is 2.14. The second-order valence-electron chi connectivity index (χ2n) is 3.50. The molecule has 4 nitrogen and oxygen atoms in total. The minimum absolute atomic E-state index is 0.0887. The van der Waals surface area contributed by atoms with Crippen molar-refractivity contribution < 1.29 is 9.13 Å². The van der Waals surface area contributed by atoms with Gasteiger partial charge in [-0.3, -0.25) is 16.3 Å². The standard InChI is InChI=1S/C10H16FN3O/c1-7(2)15-6-10(14-12)8-3-4-13-5-9(8)11/h3-5,7,10,14H,6,12H2,1-2H3. The zero-order valence-electron chi connectivity index (χ0n) is 8.90. The molecule has 0 saturated heterocycles. The Balaban J connectivity index is 2.70. The molecule has 84 valence electrons. The number of nitrogens with one attached hydrogen (secondary N) is 1. The molecule has 0 fully saturated rings. The van der Waals surface area contributed by atoms with Gasteiger partial charge in [0.2, 0.25) is 0 Å². The second kappa shape index (κ2) is 5.75. The molecule has 15 heavy (non-hydrogen) atoms. The zero-order valence-corrected chi connectivity index (χ0v) is 8.90. The summed E-state index contributed by atoms with van der Waals surface area (Å²) in [6, 6.07) is 1.24. The van der Waals surface area contributed by atoms with Gasteiger partial charge in [0.05, 0.1) is 24.9 Å². The zero-order chi connectivity index (χ0) is 11.3. The molecular formula is C10H16FN3O. The maximum Gasteiger partial charge on any atom is 0.146 e. The summed E-state index contributed by atoms with van der Waals surface area (Å²) in [5.74, 6) is 4.96. The molecule has 0 aliphatic rings. The van der Waals surface area contributed by atoms with Gasteiger partial charge in [-0.1, -0.05) is 0 Å². The number of halogens is 1. The molecule has 0 aliphatic heterocycles. The molecule has 0 amide bonds. The number of nitrogens with two attached hydrogens (primary N) is 1. The van der Waals surface area contributed by atoms with Gasteiger partial charge in [0, 0.05) is 11.8 Å². The first-order valence-corrected chi connectivity index (χ1v) is 4.82. The Hall–Kier alpha value is -1.04. The normalized spacial score (nSPS) is 13.1. The third-order valence-electron chi connectivity index (χ3n) is 1.98. The minimum atomic E-state index is -0.382. The van der Waals surface area contributed by atoms with Crippen LogP contribution >= 0.6 is 0 Å². The summed E-state index contributed by atoms with van der Waals surface area (Å²) in [6.45, 7) is 4.15. The highest BCUT2D eigenvalue weighted by molar-refractivity contribution is 5.17. The van der Waals surface area contributed by atoms with Gasteiger partial charge in [0.25, 0.3) is 0 Å². The third kappa shape index (κ3) is 3.54. The second-order valence-corrected chi connectivity index (χ2v) is 3.50. The average Bonchev–Trinajstić information content (AvgIpc) is 2.21. The van der Waals surface area contributed by atoms with E-state index in [0.717, 1.165) is 6.20 Å². The lowest BCUT2D eigenvalue weighted by atomic mass is 10.1. The number of ether oxygens (including phenoxy) is 1. The fourth-order valence-corrected chi connectivity index (χ4v) is 1.18. The van der Waals surface area contributed by atoms with E-state index in [1.54, 1.807) is 6.07 Å². The summed E-state index contributed by atoms with van der Waals surface area (Å²) in [6.07, 6.45) is 2.78. The van der Waals surface area contributed by atoms with Crippen molar-refractivity contribution >= 4 is 0 Å². The molecule has 1 atom stereocenters. The monoisotopic (exact) mass is 213 g/mol. The molecule has 0 aliphatic carbocycles. The van der Waals surface area contributed by atoms with Crippen LogP contribution in [-0.4, -0.2) is 17.7 Å². The lowest BCUT2D eigenvalue weighted by Crippen LogP contribution is -2.32. The highest BCUT2D eigenvalue weighted by atomic mass is 19.1. The van der Waals surface area contributed by atoms with Gasteiger partial charge >= 0.3 is 0 Å². The van der Waals surface area contributed by atoms with Crippen molar-refractivity contribution in [3.05, 3.63) is 29.8 Å². The average molecular weight is 213 g/mol. The number of rotatable bonds is 5. The number of nitrogens with zero attached hydrogens (tertiary/aromatic N) is 1. The summed E-state index contributed by atoms with van der Waals surface area (Å²) in [5, 5.41) is 0. The van der Waals surface area contributed by atoms with E-state index in [2.05, 4.69) is 10.4 Å². The van der Waals surface area contributed by atoms with E-state index in [-0.39, 0.29) is 18.0 Å². The van der Waals surface area contributed by atoms with Crippen LogP contribution in [0.2, 0.25) is 0 Å². The Bertz CT molecular complexity index is 306. The van der Waals surface area contributed by atoms with Gasteiger partial charge in [-0.2, -0.15) is 0 Å². The maximum absolute atomic E-state index is 13.3. The number of hydrazine groups is 1. The van der Waals surface area contributed by atoms with Crippen LogP contribution in [0.4, 0.5) is 4.39 Å². The van der Waals surface area contributed by atoms with Crippen LogP contribution in [-0.2, 0) is 4.74 Å². The van der Waals surface area contributed by atoms with Crippen molar-refractivity contribution in [1.82, 2.24) is 10.4 Å². The summed E-state index contributed by atoms with van der Waals surface area (Å²) < 4.78 is 18.7. The Kier molecular flexibility index (Phi) is 4.61. The first kappa shape index (κ1) is 12.0. The van der Waals surface area contributed by atoms with Gasteiger partial charge in [-0.25, -0.2) is 4.39 Å². The van der Waals surface area contributed by atoms with Crippen LogP contribution < -0.4 is 11.3 Å². The fourth-order valence-electron chi connectivity index (χ4n) is 1.18. The SMILES string of the molecule is CC(C)OCC(NN)c1ccncc1F. The molecule has 0 bridgehead atoms. The van der Waals surface area contributed by atoms with E-state index in [0.29, 0.717) is 12.2 Å². The number of aromatic nitrogens is 1. The van der Waals surface area contributed by atoms with E-state index in [9.17, 15) is 4.39 Å². The lowest BCUT2D eigenvalue weighted by molar-refractivity contribution is 0.0604. The van der Waals surface area contributed by atoms with E-state index in [1.165, 1.54) is 6.20 Å².